The van der Waals surface area contributed by atoms with Gasteiger partial charge in [0.2, 0.25) is 10.0 Å². The molecule has 6 heteroatoms. The van der Waals surface area contributed by atoms with Gasteiger partial charge < -0.3 is 10.8 Å². The second-order valence-electron chi connectivity index (χ2n) is 5.08. The predicted molar refractivity (Wildman–Crippen MR) is 88.1 cm³/mol. The topological polar surface area (TPSA) is 102 Å². The number of anilines is 1. The number of rotatable bonds is 6. The fourth-order valence-corrected chi connectivity index (χ4v) is 2.05. The van der Waals surface area contributed by atoms with Gasteiger partial charge in [0.05, 0.1) is 5.56 Å². The highest BCUT2D eigenvalue weighted by Gasteiger charge is 2.15. The molecule has 0 atom stereocenters. The highest BCUT2D eigenvalue weighted by molar-refractivity contribution is 5.97. The van der Waals surface area contributed by atoms with Crippen molar-refractivity contribution in [3.63, 3.8) is 0 Å². The lowest BCUT2D eigenvalue weighted by atomic mass is 10.1. The van der Waals surface area contributed by atoms with Gasteiger partial charge in [-0.3, -0.25) is 4.79 Å². The third-order valence-electron chi connectivity index (χ3n) is 3.27. The minimum absolute atomic E-state index is 0.0213. The Morgan fingerprint density at radius 3 is 2.70 bits per heavy atom. The minimum atomic E-state index is -0.664. The Morgan fingerprint density at radius 1 is 1.13 bits per heavy atom. The zero-order valence-electron chi connectivity index (χ0n) is 12.7. The van der Waals surface area contributed by atoms with Gasteiger partial charge in [0.1, 0.15) is 17.4 Å². The van der Waals surface area contributed by atoms with Crippen LogP contribution in [-0.2, 0) is 6.42 Å². The van der Waals surface area contributed by atoms with Gasteiger partial charge in [0, 0.05) is 5.69 Å². The van der Waals surface area contributed by atoms with Crippen molar-refractivity contribution in [3.05, 3.63) is 59.7 Å². The number of carbonyl (C=O) groups is 1. The maximum atomic E-state index is 11.8. The molecule has 0 aliphatic heterocycles. The SMILES string of the molecule is Nc1ccc(O)c(C(=O)N=[N+]=NCCCCc2ccccc2)c1. The van der Waals surface area contributed by atoms with Crippen LogP contribution in [0.3, 0.4) is 0 Å². The molecule has 0 radical (unpaired) electrons. The normalized spacial score (nSPS) is 9.91. The number of hydrogen-bond acceptors (Lipinski definition) is 4. The summed E-state index contributed by atoms with van der Waals surface area (Å²) in [7, 11) is 0. The van der Waals surface area contributed by atoms with Crippen molar-refractivity contribution in [2.75, 3.05) is 12.3 Å². The molecular weight excluding hydrogens is 292 g/mol. The number of hydrogen-bond donors (Lipinski definition) is 2. The third kappa shape index (κ3) is 5.37. The number of carbonyl (C=O) groups excluding carboxylic acids is 1. The van der Waals surface area contributed by atoms with E-state index in [1.54, 1.807) is 0 Å². The summed E-state index contributed by atoms with van der Waals surface area (Å²) >= 11 is 0. The first-order valence-corrected chi connectivity index (χ1v) is 7.41. The number of nitrogens with two attached hydrogens (primary N) is 1. The molecule has 0 bridgehead atoms. The number of amides is 1. The molecule has 3 N–H and O–H groups in total. The molecule has 2 aromatic carbocycles. The Hall–Kier alpha value is -2.98. The van der Waals surface area contributed by atoms with Crippen LogP contribution in [-0.4, -0.2) is 17.6 Å². The average molecular weight is 311 g/mol. The quantitative estimate of drug-likeness (QED) is 0.282. The van der Waals surface area contributed by atoms with E-state index in [0.29, 0.717) is 12.2 Å². The lowest BCUT2D eigenvalue weighted by molar-refractivity contribution is 0.0990. The number of unbranched alkanes of at least 4 members (excludes halogenated alkanes) is 1. The first-order chi connectivity index (χ1) is 11.2. The Kier molecular flexibility index (Phi) is 6.03. The Bertz CT molecular complexity index is 723. The number of aryl methyl sites for hydroxylation is 1. The second kappa shape index (κ2) is 8.46. The summed E-state index contributed by atoms with van der Waals surface area (Å²) in [6.45, 7) is 0.506. The molecule has 6 nitrogen and oxygen atoms in total. The van der Waals surface area contributed by atoms with Gasteiger partial charge in [-0.2, -0.15) is 0 Å². The van der Waals surface area contributed by atoms with E-state index in [1.807, 2.05) is 18.2 Å². The fourth-order valence-electron chi connectivity index (χ4n) is 2.05. The zero-order valence-corrected chi connectivity index (χ0v) is 12.7. The third-order valence-corrected chi connectivity index (χ3v) is 3.27. The fraction of sp³-hybridized carbons (Fsp3) is 0.235. The zero-order chi connectivity index (χ0) is 16.5. The molecular formula is C17H19N4O2+. The molecule has 0 unspecified atom stereocenters. The number of nitrogens with zero attached hydrogens (tertiary/aromatic N) is 3. The van der Waals surface area contributed by atoms with Crippen LogP contribution >= 0.6 is 0 Å². The largest absolute Gasteiger partial charge is 0.507 e. The van der Waals surface area contributed by atoms with Crippen LogP contribution in [0.5, 0.6) is 5.75 Å². The number of phenols is 1. The summed E-state index contributed by atoms with van der Waals surface area (Å²) in [5.74, 6) is -0.839. The number of phenolic OH excluding ortho intramolecular Hbond substituents is 1. The van der Waals surface area contributed by atoms with Crippen molar-refractivity contribution in [2.45, 2.75) is 19.3 Å². The van der Waals surface area contributed by atoms with Crippen LogP contribution in [0.25, 0.3) is 0 Å². The van der Waals surface area contributed by atoms with E-state index in [-0.39, 0.29) is 11.3 Å². The summed E-state index contributed by atoms with van der Waals surface area (Å²) in [6, 6.07) is 14.4. The van der Waals surface area contributed by atoms with Crippen LogP contribution in [0.4, 0.5) is 5.69 Å². The molecule has 0 aliphatic rings. The highest BCUT2D eigenvalue weighted by Crippen LogP contribution is 2.20. The molecule has 0 saturated carbocycles. The Morgan fingerprint density at radius 2 is 1.91 bits per heavy atom. The molecule has 0 saturated heterocycles. The van der Waals surface area contributed by atoms with Gasteiger partial charge in [0.15, 0.2) is 0 Å². The predicted octanol–water partition coefficient (Wildman–Crippen LogP) is 3.11. The van der Waals surface area contributed by atoms with Crippen molar-refractivity contribution in [1.29, 1.82) is 0 Å². The van der Waals surface area contributed by atoms with Gasteiger partial charge in [0.25, 0.3) is 0 Å². The molecule has 0 fully saturated rings. The Labute approximate surface area is 134 Å². The van der Waals surface area contributed by atoms with E-state index >= 15 is 0 Å². The van der Waals surface area contributed by atoms with Gasteiger partial charge in [-0.15, -0.1) is 0 Å². The van der Waals surface area contributed by atoms with Crippen molar-refractivity contribution >= 4 is 11.6 Å². The van der Waals surface area contributed by atoms with Crippen molar-refractivity contribution in [1.82, 2.24) is 4.91 Å². The molecule has 0 spiro atoms. The maximum absolute atomic E-state index is 11.8. The van der Waals surface area contributed by atoms with Crippen molar-refractivity contribution in [2.24, 2.45) is 10.2 Å². The van der Waals surface area contributed by atoms with E-state index in [4.69, 9.17) is 5.73 Å². The lowest BCUT2D eigenvalue weighted by Gasteiger charge is -1.97. The average Bonchev–Trinajstić information content (AvgIpc) is 2.57. The number of nitrogen functional groups attached to an aromatic ring is 1. The van der Waals surface area contributed by atoms with E-state index in [1.165, 1.54) is 23.8 Å². The maximum Gasteiger partial charge on any atom is 0.364 e. The van der Waals surface area contributed by atoms with Crippen LogP contribution in [0.15, 0.2) is 58.8 Å². The first-order valence-electron chi connectivity index (χ1n) is 7.41. The smallest absolute Gasteiger partial charge is 0.364 e. The van der Waals surface area contributed by atoms with E-state index < -0.39 is 5.91 Å². The van der Waals surface area contributed by atoms with E-state index in [2.05, 4.69) is 27.3 Å². The van der Waals surface area contributed by atoms with Crippen LogP contribution in [0.2, 0.25) is 0 Å². The van der Waals surface area contributed by atoms with Gasteiger partial charge in [-0.1, -0.05) is 30.3 Å². The van der Waals surface area contributed by atoms with Crippen molar-refractivity contribution in [3.8, 4) is 5.75 Å². The van der Waals surface area contributed by atoms with Crippen molar-refractivity contribution < 1.29 is 9.90 Å². The molecule has 23 heavy (non-hydrogen) atoms. The van der Waals surface area contributed by atoms with Crippen LogP contribution in [0.1, 0.15) is 28.8 Å². The standard InChI is InChI=1S/C17H18N4O2/c18-14-9-10-16(22)15(12-14)17(23)20-21-19-11-5-4-8-13-6-2-1-3-7-13/h1-3,6-7,9-10,12,18H,4-5,8,11H2,(H,19,20,23)/p+1. The molecule has 118 valence electrons. The summed E-state index contributed by atoms with van der Waals surface area (Å²) in [4.78, 5) is 15.3. The van der Waals surface area contributed by atoms with Crippen LogP contribution < -0.4 is 10.6 Å². The molecule has 0 aliphatic carbocycles. The molecule has 2 rings (SSSR count). The van der Waals surface area contributed by atoms with Crippen LogP contribution in [0, 0.1) is 0 Å². The molecule has 0 aromatic heterocycles. The number of benzene rings is 2. The molecule has 0 heterocycles. The number of aromatic hydroxyl groups is 1. The molecule has 1 amide bonds. The van der Waals surface area contributed by atoms with E-state index in [9.17, 15) is 9.90 Å². The summed E-state index contributed by atoms with van der Waals surface area (Å²) in [5, 5.41) is 16.9. The first kappa shape index (κ1) is 16.4. The highest BCUT2D eigenvalue weighted by atomic mass is 16.3. The minimum Gasteiger partial charge on any atom is -0.507 e. The van der Waals surface area contributed by atoms with Gasteiger partial charge in [-0.05, 0) is 43.0 Å². The monoisotopic (exact) mass is 311 g/mol. The summed E-state index contributed by atoms with van der Waals surface area (Å²) < 4.78 is 0. The van der Waals surface area contributed by atoms with Gasteiger partial charge >= 0.3 is 5.91 Å². The lowest BCUT2D eigenvalue weighted by Crippen LogP contribution is -1.97. The summed E-state index contributed by atoms with van der Waals surface area (Å²) in [5.41, 5.74) is 7.25. The summed E-state index contributed by atoms with van der Waals surface area (Å²) in [6.07, 6.45) is 2.85. The second-order valence-corrected chi connectivity index (χ2v) is 5.08. The van der Waals surface area contributed by atoms with Gasteiger partial charge in [-0.25, -0.2) is 0 Å². The molecule has 2 aromatic rings. The van der Waals surface area contributed by atoms with E-state index in [0.717, 1.165) is 19.3 Å². The Balaban J connectivity index is 1.77.